The molecule has 0 fully saturated rings. The second kappa shape index (κ2) is 9.66. The fraction of sp³-hybridized carbons (Fsp3) is 0.312. The van der Waals surface area contributed by atoms with Gasteiger partial charge in [0.1, 0.15) is 0 Å². The summed E-state index contributed by atoms with van der Waals surface area (Å²) in [4.78, 5) is 27.6. The van der Waals surface area contributed by atoms with Crippen molar-refractivity contribution in [1.82, 2.24) is 10.3 Å². The fourth-order valence-electron chi connectivity index (χ4n) is 1.81. The number of nitrogens with zero attached hydrogens (tertiary/aromatic N) is 1. The number of thioether (sulfide) groups is 1. The molecule has 0 unspecified atom stereocenters. The largest absolute Gasteiger partial charge is 0.466 e. The van der Waals surface area contributed by atoms with Crippen LogP contribution < -0.4 is 5.32 Å². The van der Waals surface area contributed by atoms with Crippen molar-refractivity contribution in [1.29, 1.82) is 0 Å². The van der Waals surface area contributed by atoms with Gasteiger partial charge in [-0.15, -0.1) is 11.3 Å². The van der Waals surface area contributed by atoms with Crippen LogP contribution in [0.1, 0.15) is 18.2 Å². The number of rotatable bonds is 8. The van der Waals surface area contributed by atoms with Crippen LogP contribution >= 0.6 is 34.7 Å². The quantitative estimate of drug-likeness (QED) is 0.558. The average Bonchev–Trinajstić information content (AvgIpc) is 2.99. The summed E-state index contributed by atoms with van der Waals surface area (Å²) in [6, 6.07) is 7.39. The minimum atomic E-state index is -0.295. The predicted octanol–water partition coefficient (Wildman–Crippen LogP) is 3.31. The van der Waals surface area contributed by atoms with Gasteiger partial charge in [0.2, 0.25) is 5.91 Å². The van der Waals surface area contributed by atoms with Gasteiger partial charge in [0.25, 0.3) is 0 Å². The molecular weight excluding hydrogens is 368 g/mol. The fourth-order valence-corrected chi connectivity index (χ4v) is 3.69. The van der Waals surface area contributed by atoms with Crippen LogP contribution in [0, 0.1) is 0 Å². The van der Waals surface area contributed by atoms with E-state index in [0.29, 0.717) is 23.9 Å². The number of hydrogen-bond acceptors (Lipinski definition) is 6. The molecule has 0 bridgehead atoms. The first-order valence-electron chi connectivity index (χ1n) is 7.31. The van der Waals surface area contributed by atoms with E-state index in [1.54, 1.807) is 18.4 Å². The molecule has 0 saturated heterocycles. The molecule has 0 aliphatic rings. The first-order valence-corrected chi connectivity index (χ1v) is 9.55. The minimum Gasteiger partial charge on any atom is -0.466 e. The molecule has 0 aliphatic carbocycles. The van der Waals surface area contributed by atoms with E-state index in [-0.39, 0.29) is 24.1 Å². The maximum absolute atomic E-state index is 11.9. The molecule has 128 valence electrons. The maximum Gasteiger partial charge on any atom is 0.311 e. The number of carbonyl (C=O) groups is 2. The topological polar surface area (TPSA) is 68.3 Å². The highest BCUT2D eigenvalue weighted by atomic mass is 35.5. The molecule has 1 aromatic heterocycles. The molecule has 8 heteroatoms. The Labute approximate surface area is 153 Å². The third-order valence-electron chi connectivity index (χ3n) is 2.92. The van der Waals surface area contributed by atoms with Crippen LogP contribution in [0.3, 0.4) is 0 Å². The van der Waals surface area contributed by atoms with E-state index in [0.717, 1.165) is 9.90 Å². The summed E-state index contributed by atoms with van der Waals surface area (Å²) in [7, 11) is 0. The third kappa shape index (κ3) is 6.14. The Kier molecular flexibility index (Phi) is 7.55. The van der Waals surface area contributed by atoms with Crippen molar-refractivity contribution in [3.05, 3.63) is 45.9 Å². The molecule has 1 amide bonds. The molecule has 2 rings (SSSR count). The van der Waals surface area contributed by atoms with Crippen molar-refractivity contribution < 1.29 is 14.3 Å². The molecule has 0 spiro atoms. The van der Waals surface area contributed by atoms with Crippen LogP contribution in [-0.4, -0.2) is 29.2 Å². The van der Waals surface area contributed by atoms with Crippen LogP contribution in [0.15, 0.2) is 34.0 Å². The van der Waals surface area contributed by atoms with Gasteiger partial charge in [-0.3, -0.25) is 9.59 Å². The Bertz CT molecular complexity index is 706. The Hall–Kier alpha value is -1.57. The van der Waals surface area contributed by atoms with Crippen molar-refractivity contribution in [3.8, 4) is 0 Å². The van der Waals surface area contributed by atoms with E-state index in [1.807, 2.05) is 18.2 Å². The first-order chi connectivity index (χ1) is 11.6. The standard InChI is InChI=1S/C16H17ClN2O3S2/c1-2-22-15(21)7-12-9-23-16(19-12)24-10-14(20)18-8-11-5-3-4-6-13(11)17/h3-6,9H,2,7-8,10H2,1H3,(H,18,20). The lowest BCUT2D eigenvalue weighted by Gasteiger charge is -2.06. The summed E-state index contributed by atoms with van der Waals surface area (Å²) in [5.74, 6) is -0.129. The number of nitrogens with one attached hydrogen (secondary N) is 1. The SMILES string of the molecule is CCOC(=O)Cc1csc(SCC(=O)NCc2ccccc2Cl)n1. The summed E-state index contributed by atoms with van der Waals surface area (Å²) < 4.78 is 5.63. The zero-order valence-corrected chi connectivity index (χ0v) is 15.5. The van der Waals surface area contributed by atoms with Crippen LogP contribution in [0.25, 0.3) is 0 Å². The Morgan fingerprint density at radius 1 is 1.38 bits per heavy atom. The predicted molar refractivity (Wildman–Crippen MR) is 96.5 cm³/mol. The Morgan fingerprint density at radius 2 is 2.17 bits per heavy atom. The number of halogens is 1. The van der Waals surface area contributed by atoms with E-state index in [9.17, 15) is 9.59 Å². The number of hydrogen-bond donors (Lipinski definition) is 1. The molecule has 5 nitrogen and oxygen atoms in total. The molecular formula is C16H17ClN2O3S2. The van der Waals surface area contributed by atoms with Crippen LogP contribution in [0.2, 0.25) is 5.02 Å². The number of benzene rings is 1. The third-order valence-corrected chi connectivity index (χ3v) is 5.36. The van der Waals surface area contributed by atoms with E-state index in [2.05, 4.69) is 10.3 Å². The van der Waals surface area contributed by atoms with Gasteiger partial charge < -0.3 is 10.1 Å². The number of carbonyl (C=O) groups excluding carboxylic acids is 2. The van der Waals surface area contributed by atoms with Crippen LogP contribution in [-0.2, 0) is 27.3 Å². The van der Waals surface area contributed by atoms with Gasteiger partial charge in [-0.25, -0.2) is 4.98 Å². The van der Waals surface area contributed by atoms with Gasteiger partial charge in [0.15, 0.2) is 4.34 Å². The highest BCUT2D eigenvalue weighted by Crippen LogP contribution is 2.23. The van der Waals surface area contributed by atoms with Gasteiger partial charge in [-0.1, -0.05) is 41.6 Å². The zero-order chi connectivity index (χ0) is 17.4. The second-order valence-corrected chi connectivity index (χ2v) is 7.23. The second-order valence-electron chi connectivity index (χ2n) is 4.74. The van der Waals surface area contributed by atoms with E-state index < -0.39 is 0 Å². The van der Waals surface area contributed by atoms with Crippen molar-refractivity contribution in [2.75, 3.05) is 12.4 Å². The van der Waals surface area contributed by atoms with Gasteiger partial charge in [-0.05, 0) is 18.6 Å². The summed E-state index contributed by atoms with van der Waals surface area (Å²) in [5.41, 5.74) is 1.54. The average molecular weight is 385 g/mol. The lowest BCUT2D eigenvalue weighted by Crippen LogP contribution is -2.24. The van der Waals surface area contributed by atoms with Gasteiger partial charge in [-0.2, -0.15) is 0 Å². The molecule has 24 heavy (non-hydrogen) atoms. The lowest BCUT2D eigenvalue weighted by molar-refractivity contribution is -0.142. The van der Waals surface area contributed by atoms with Crippen molar-refractivity contribution in [2.45, 2.75) is 24.2 Å². The van der Waals surface area contributed by atoms with Gasteiger partial charge >= 0.3 is 5.97 Å². The van der Waals surface area contributed by atoms with E-state index >= 15 is 0 Å². The molecule has 1 N–H and O–H groups in total. The molecule has 0 radical (unpaired) electrons. The molecule has 0 atom stereocenters. The van der Waals surface area contributed by atoms with Crippen LogP contribution in [0.5, 0.6) is 0 Å². The normalized spacial score (nSPS) is 10.4. The van der Waals surface area contributed by atoms with Crippen molar-refractivity contribution >= 4 is 46.6 Å². The maximum atomic E-state index is 11.9. The van der Waals surface area contributed by atoms with E-state index in [4.69, 9.17) is 16.3 Å². The summed E-state index contributed by atoms with van der Waals surface area (Å²) in [5, 5.41) is 5.26. The number of amides is 1. The van der Waals surface area contributed by atoms with E-state index in [1.165, 1.54) is 23.1 Å². The van der Waals surface area contributed by atoms with Crippen molar-refractivity contribution in [3.63, 3.8) is 0 Å². The summed E-state index contributed by atoms with van der Waals surface area (Å²) in [6.45, 7) is 2.52. The number of esters is 1. The van der Waals surface area contributed by atoms with Gasteiger partial charge in [0.05, 0.1) is 24.5 Å². The van der Waals surface area contributed by atoms with Crippen molar-refractivity contribution in [2.24, 2.45) is 0 Å². The highest BCUT2D eigenvalue weighted by Gasteiger charge is 2.10. The van der Waals surface area contributed by atoms with Gasteiger partial charge in [0, 0.05) is 16.9 Å². The molecule has 0 saturated carbocycles. The molecule has 2 aromatic rings. The Morgan fingerprint density at radius 3 is 2.92 bits per heavy atom. The number of ether oxygens (including phenoxy) is 1. The molecule has 1 heterocycles. The Balaban J connectivity index is 1.75. The minimum absolute atomic E-state index is 0.0953. The summed E-state index contributed by atoms with van der Waals surface area (Å²) in [6.07, 6.45) is 0.156. The first kappa shape index (κ1) is 18.8. The smallest absolute Gasteiger partial charge is 0.311 e. The highest BCUT2D eigenvalue weighted by molar-refractivity contribution is 8.01. The van der Waals surface area contributed by atoms with Crippen LogP contribution in [0.4, 0.5) is 0 Å². The molecule has 1 aromatic carbocycles. The number of thiazole rings is 1. The summed E-state index contributed by atoms with van der Waals surface area (Å²) >= 11 is 8.80. The molecule has 0 aliphatic heterocycles. The number of aromatic nitrogens is 1. The monoisotopic (exact) mass is 384 g/mol. The zero-order valence-electron chi connectivity index (χ0n) is 13.1. The lowest BCUT2D eigenvalue weighted by atomic mass is 10.2.